The van der Waals surface area contributed by atoms with E-state index < -0.39 is 0 Å². The first kappa shape index (κ1) is 15.2. The summed E-state index contributed by atoms with van der Waals surface area (Å²) >= 11 is 0. The predicted molar refractivity (Wildman–Crippen MR) is 89.3 cm³/mol. The number of carbonyl (C=O) groups excluding carboxylic acids is 1. The summed E-state index contributed by atoms with van der Waals surface area (Å²) in [6.07, 6.45) is 3.04. The van der Waals surface area contributed by atoms with Gasteiger partial charge in [0.25, 0.3) is 0 Å². The number of hydrogen-bond acceptors (Lipinski definition) is 3. The number of fused-ring (bicyclic) bond motifs is 2. The molecule has 23 heavy (non-hydrogen) atoms. The van der Waals surface area contributed by atoms with E-state index in [1.54, 1.807) is 0 Å². The molecule has 1 amide bonds. The molecule has 0 radical (unpaired) electrons. The van der Waals surface area contributed by atoms with E-state index in [2.05, 4.69) is 41.1 Å². The molecule has 2 aliphatic heterocycles. The molecule has 2 fully saturated rings. The Balaban J connectivity index is 1.34. The summed E-state index contributed by atoms with van der Waals surface area (Å²) in [5.74, 6) is 1.28. The number of amides is 1. The Morgan fingerprint density at radius 3 is 2.65 bits per heavy atom. The maximum Gasteiger partial charge on any atom is 0.222 e. The summed E-state index contributed by atoms with van der Waals surface area (Å²) < 4.78 is 5.96. The molecule has 0 bridgehead atoms. The summed E-state index contributed by atoms with van der Waals surface area (Å²) in [5.41, 5.74) is 2.86. The van der Waals surface area contributed by atoms with Crippen LogP contribution in [0.5, 0.6) is 0 Å². The Kier molecular flexibility index (Phi) is 4.12. The van der Waals surface area contributed by atoms with Crippen molar-refractivity contribution in [3.05, 3.63) is 35.4 Å². The van der Waals surface area contributed by atoms with Gasteiger partial charge in [0, 0.05) is 38.5 Å². The van der Waals surface area contributed by atoms with Crippen LogP contribution in [-0.2, 0) is 22.4 Å². The van der Waals surface area contributed by atoms with Crippen LogP contribution in [0.25, 0.3) is 0 Å². The van der Waals surface area contributed by atoms with E-state index in [0.29, 0.717) is 24.2 Å². The van der Waals surface area contributed by atoms with Crippen LogP contribution in [0.1, 0.15) is 17.5 Å². The molecule has 0 N–H and O–H groups in total. The Hall–Kier alpha value is -1.39. The SMILES string of the molecule is CN1CCO[C@@H]2CN(C(=O)CC3Cc4ccccc4C3)C[C@@H]2C1. The topological polar surface area (TPSA) is 32.8 Å². The Morgan fingerprint density at radius 1 is 1.17 bits per heavy atom. The summed E-state index contributed by atoms with van der Waals surface area (Å²) in [6, 6.07) is 8.62. The van der Waals surface area contributed by atoms with Crippen molar-refractivity contribution in [1.82, 2.24) is 9.80 Å². The monoisotopic (exact) mass is 314 g/mol. The highest BCUT2D eigenvalue weighted by Gasteiger charge is 2.38. The van der Waals surface area contributed by atoms with Gasteiger partial charge in [0.2, 0.25) is 5.91 Å². The normalized spacial score (nSPS) is 28.5. The summed E-state index contributed by atoms with van der Waals surface area (Å²) in [6.45, 7) is 4.49. The van der Waals surface area contributed by atoms with Gasteiger partial charge in [-0.3, -0.25) is 4.79 Å². The zero-order valence-corrected chi connectivity index (χ0v) is 13.9. The van der Waals surface area contributed by atoms with Crippen molar-refractivity contribution in [2.24, 2.45) is 11.8 Å². The molecule has 124 valence electrons. The Labute approximate surface area is 138 Å². The fourth-order valence-corrected chi connectivity index (χ4v) is 4.43. The number of ether oxygens (including phenoxy) is 1. The molecule has 4 nitrogen and oxygen atoms in total. The van der Waals surface area contributed by atoms with Crippen LogP contribution in [-0.4, -0.2) is 61.6 Å². The van der Waals surface area contributed by atoms with Crippen molar-refractivity contribution in [2.45, 2.75) is 25.4 Å². The number of likely N-dealkylation sites (N-methyl/N-ethyl adjacent to an activating group) is 1. The highest BCUT2D eigenvalue weighted by molar-refractivity contribution is 5.77. The molecule has 4 heteroatoms. The van der Waals surface area contributed by atoms with Gasteiger partial charge in [-0.25, -0.2) is 0 Å². The molecule has 0 saturated carbocycles. The second kappa shape index (κ2) is 6.25. The van der Waals surface area contributed by atoms with Crippen LogP contribution >= 0.6 is 0 Å². The van der Waals surface area contributed by atoms with Crippen LogP contribution in [0, 0.1) is 11.8 Å². The Bertz CT molecular complexity index is 563. The predicted octanol–water partition coefficient (Wildman–Crippen LogP) is 1.58. The number of benzene rings is 1. The van der Waals surface area contributed by atoms with Gasteiger partial charge in [-0.05, 0) is 36.9 Å². The lowest BCUT2D eigenvalue weighted by Crippen LogP contribution is -2.33. The van der Waals surface area contributed by atoms with Crippen molar-refractivity contribution in [3.63, 3.8) is 0 Å². The zero-order valence-electron chi connectivity index (χ0n) is 13.9. The molecule has 2 heterocycles. The van der Waals surface area contributed by atoms with E-state index in [1.807, 2.05) is 0 Å². The van der Waals surface area contributed by atoms with E-state index >= 15 is 0 Å². The smallest absolute Gasteiger partial charge is 0.222 e. The molecule has 1 aromatic carbocycles. The van der Waals surface area contributed by atoms with Crippen LogP contribution in [0.15, 0.2) is 24.3 Å². The largest absolute Gasteiger partial charge is 0.375 e. The second-order valence-electron chi connectivity index (χ2n) is 7.48. The molecular weight excluding hydrogens is 288 g/mol. The minimum absolute atomic E-state index is 0.240. The average molecular weight is 314 g/mol. The van der Waals surface area contributed by atoms with E-state index in [-0.39, 0.29) is 6.10 Å². The van der Waals surface area contributed by atoms with Crippen LogP contribution < -0.4 is 0 Å². The molecule has 2 atom stereocenters. The first-order valence-electron chi connectivity index (χ1n) is 8.84. The van der Waals surface area contributed by atoms with Crippen LogP contribution in [0.4, 0.5) is 0 Å². The number of carbonyl (C=O) groups is 1. The third-order valence-electron chi connectivity index (χ3n) is 5.68. The minimum atomic E-state index is 0.240. The van der Waals surface area contributed by atoms with E-state index in [1.165, 1.54) is 11.1 Å². The lowest BCUT2D eigenvalue weighted by molar-refractivity contribution is -0.131. The van der Waals surface area contributed by atoms with Gasteiger partial charge in [-0.1, -0.05) is 24.3 Å². The molecule has 3 aliphatic rings. The lowest BCUT2D eigenvalue weighted by Gasteiger charge is -2.20. The van der Waals surface area contributed by atoms with Crippen molar-refractivity contribution >= 4 is 5.91 Å². The van der Waals surface area contributed by atoms with E-state index in [9.17, 15) is 4.79 Å². The average Bonchev–Trinajstić information content (AvgIpc) is 3.07. The Morgan fingerprint density at radius 2 is 1.91 bits per heavy atom. The van der Waals surface area contributed by atoms with Crippen LogP contribution in [0.3, 0.4) is 0 Å². The van der Waals surface area contributed by atoms with Gasteiger partial charge in [0.05, 0.1) is 12.7 Å². The van der Waals surface area contributed by atoms with Gasteiger partial charge >= 0.3 is 0 Å². The number of likely N-dealkylation sites (tertiary alicyclic amines) is 1. The molecule has 4 rings (SSSR count). The summed E-state index contributed by atoms with van der Waals surface area (Å²) in [5, 5.41) is 0. The van der Waals surface area contributed by atoms with Crippen molar-refractivity contribution in [3.8, 4) is 0 Å². The first-order chi connectivity index (χ1) is 11.2. The zero-order chi connectivity index (χ0) is 15.8. The van der Waals surface area contributed by atoms with Crippen LogP contribution in [0.2, 0.25) is 0 Å². The maximum absolute atomic E-state index is 12.7. The molecule has 0 unspecified atom stereocenters. The molecule has 0 aromatic heterocycles. The lowest BCUT2D eigenvalue weighted by atomic mass is 10.0. The molecular formula is C19H26N2O2. The van der Waals surface area contributed by atoms with Crippen molar-refractivity contribution < 1.29 is 9.53 Å². The van der Waals surface area contributed by atoms with Gasteiger partial charge < -0.3 is 14.5 Å². The minimum Gasteiger partial charge on any atom is -0.375 e. The number of nitrogens with zero attached hydrogens (tertiary/aromatic N) is 2. The molecule has 2 saturated heterocycles. The summed E-state index contributed by atoms with van der Waals surface area (Å²) in [4.78, 5) is 17.1. The molecule has 1 aliphatic carbocycles. The van der Waals surface area contributed by atoms with Gasteiger partial charge in [0.15, 0.2) is 0 Å². The van der Waals surface area contributed by atoms with Crippen molar-refractivity contribution in [1.29, 1.82) is 0 Å². The number of hydrogen-bond donors (Lipinski definition) is 0. The quantitative estimate of drug-likeness (QED) is 0.831. The molecule has 0 spiro atoms. The van der Waals surface area contributed by atoms with Crippen molar-refractivity contribution in [2.75, 3.05) is 39.8 Å². The standard InChI is InChI=1S/C19H26N2O2/c1-20-6-7-23-18-13-21(12-17(18)11-20)19(22)10-14-8-15-4-2-3-5-16(15)9-14/h2-5,14,17-18H,6-13H2,1H3/t17-,18+/m0/s1. The maximum atomic E-state index is 12.7. The third-order valence-corrected chi connectivity index (χ3v) is 5.68. The fraction of sp³-hybridized carbons (Fsp3) is 0.632. The second-order valence-corrected chi connectivity index (χ2v) is 7.48. The van der Waals surface area contributed by atoms with Gasteiger partial charge in [0.1, 0.15) is 0 Å². The molecule has 1 aromatic rings. The van der Waals surface area contributed by atoms with Gasteiger partial charge in [-0.2, -0.15) is 0 Å². The highest BCUT2D eigenvalue weighted by Crippen LogP contribution is 2.30. The summed E-state index contributed by atoms with van der Waals surface area (Å²) in [7, 11) is 2.14. The van der Waals surface area contributed by atoms with Gasteiger partial charge in [-0.15, -0.1) is 0 Å². The third kappa shape index (κ3) is 3.15. The fourth-order valence-electron chi connectivity index (χ4n) is 4.43. The van der Waals surface area contributed by atoms with E-state index in [4.69, 9.17) is 4.74 Å². The number of rotatable bonds is 2. The van der Waals surface area contributed by atoms with E-state index in [0.717, 1.165) is 45.6 Å². The highest BCUT2D eigenvalue weighted by atomic mass is 16.5. The first-order valence-corrected chi connectivity index (χ1v) is 8.84.